The van der Waals surface area contributed by atoms with Crippen molar-refractivity contribution in [3.05, 3.63) is 51.6 Å². The quantitative estimate of drug-likeness (QED) is 0.522. The summed E-state index contributed by atoms with van der Waals surface area (Å²) < 4.78 is 33.1. The first-order chi connectivity index (χ1) is 14.2. The molecule has 1 atom stereocenters. The van der Waals surface area contributed by atoms with E-state index in [0.717, 1.165) is 7.88 Å². The lowest BCUT2D eigenvalue weighted by atomic mass is 10.2. The number of nitrogens with one attached hydrogen (secondary N) is 1. The van der Waals surface area contributed by atoms with E-state index < -0.39 is 22.0 Å². The van der Waals surface area contributed by atoms with Gasteiger partial charge in [0, 0.05) is 29.3 Å². The molecule has 8 nitrogen and oxygen atoms in total. The number of benzene rings is 2. The number of nitrogens with two attached hydrogens (primary N) is 1. The number of thioether (sulfide) groups is 1. The molecule has 11 heteroatoms. The molecule has 1 saturated heterocycles. The molecule has 1 aliphatic rings. The fraction of sp³-hybridized carbons (Fsp3) is 0.263. The summed E-state index contributed by atoms with van der Waals surface area (Å²) >= 11 is 3.57. The Morgan fingerprint density at radius 2 is 1.93 bits per heavy atom. The number of hydrogen-bond acceptors (Lipinski definition) is 6. The van der Waals surface area contributed by atoms with Crippen molar-refractivity contribution in [3.63, 3.8) is 0 Å². The number of sulfonamides is 1. The number of amides is 2. The summed E-state index contributed by atoms with van der Waals surface area (Å²) in [5.41, 5.74) is 6.28. The van der Waals surface area contributed by atoms with Crippen molar-refractivity contribution in [3.8, 4) is 5.75 Å². The Morgan fingerprint density at radius 3 is 2.53 bits per heavy atom. The van der Waals surface area contributed by atoms with E-state index in [4.69, 9.17) is 10.5 Å². The van der Waals surface area contributed by atoms with Crippen molar-refractivity contribution in [1.82, 2.24) is 4.31 Å². The van der Waals surface area contributed by atoms with Crippen LogP contribution in [0.5, 0.6) is 5.75 Å². The third kappa shape index (κ3) is 4.90. The van der Waals surface area contributed by atoms with Gasteiger partial charge in [0.2, 0.25) is 15.9 Å². The Hall–Kier alpha value is -1.83. The maximum absolute atomic E-state index is 13.0. The zero-order valence-corrected chi connectivity index (χ0v) is 19.8. The van der Waals surface area contributed by atoms with Gasteiger partial charge >= 0.3 is 0 Å². The minimum Gasteiger partial charge on any atom is -0.496 e. The maximum atomic E-state index is 13.0. The average molecular weight is 561 g/mol. The molecule has 30 heavy (non-hydrogen) atoms. The normalized spacial score (nSPS) is 17.3. The highest BCUT2D eigenvalue weighted by molar-refractivity contribution is 14.1. The van der Waals surface area contributed by atoms with Crippen LogP contribution in [0.25, 0.3) is 0 Å². The summed E-state index contributed by atoms with van der Waals surface area (Å²) in [6, 6.07) is 10.0. The third-order valence-corrected chi connectivity index (χ3v) is 8.33. The maximum Gasteiger partial charge on any atom is 0.255 e. The predicted octanol–water partition coefficient (Wildman–Crippen LogP) is 2.14. The first-order valence-electron chi connectivity index (χ1n) is 8.88. The molecular formula is C19H20IN3O5S2. The second kappa shape index (κ2) is 9.54. The molecule has 0 bridgehead atoms. The van der Waals surface area contributed by atoms with E-state index >= 15 is 0 Å². The Bertz CT molecular complexity index is 1060. The number of nitrogens with zero attached hydrogens (tertiary/aromatic N) is 1. The van der Waals surface area contributed by atoms with E-state index in [1.54, 1.807) is 25.3 Å². The van der Waals surface area contributed by atoms with Crippen molar-refractivity contribution in [2.24, 2.45) is 5.73 Å². The molecule has 3 N–H and O–H groups in total. The molecule has 1 fully saturated rings. The molecular weight excluding hydrogens is 541 g/mol. The van der Waals surface area contributed by atoms with Gasteiger partial charge in [0.25, 0.3) is 5.91 Å². The van der Waals surface area contributed by atoms with Crippen LogP contribution in [0, 0.1) is 3.57 Å². The number of carbonyl (C=O) groups is 2. The van der Waals surface area contributed by atoms with Gasteiger partial charge in [-0.05, 0) is 65.1 Å². The lowest BCUT2D eigenvalue weighted by Gasteiger charge is -2.32. The lowest BCUT2D eigenvalue weighted by molar-refractivity contribution is -0.121. The minimum absolute atomic E-state index is 0.0395. The van der Waals surface area contributed by atoms with Gasteiger partial charge in [0.15, 0.2) is 0 Å². The topological polar surface area (TPSA) is 119 Å². The van der Waals surface area contributed by atoms with Crippen molar-refractivity contribution in [2.45, 2.75) is 10.9 Å². The van der Waals surface area contributed by atoms with Crippen LogP contribution in [0.15, 0.2) is 47.4 Å². The van der Waals surface area contributed by atoms with Crippen LogP contribution < -0.4 is 15.8 Å². The van der Waals surface area contributed by atoms with Gasteiger partial charge < -0.3 is 15.8 Å². The highest BCUT2D eigenvalue weighted by atomic mass is 127. The van der Waals surface area contributed by atoms with Crippen LogP contribution in [0.4, 0.5) is 5.69 Å². The zero-order valence-electron chi connectivity index (χ0n) is 16.0. The fourth-order valence-corrected chi connectivity index (χ4v) is 6.56. The zero-order chi connectivity index (χ0) is 21.9. The van der Waals surface area contributed by atoms with E-state index in [1.807, 2.05) is 0 Å². The number of methoxy groups -OCH3 is 1. The first kappa shape index (κ1) is 22.8. The summed E-state index contributed by atoms with van der Waals surface area (Å²) in [4.78, 5) is 24.2. The SMILES string of the molecule is COc1ccc(C(=O)Nc2ccc(S(=O)(=O)N3CCSCC3C(N)=O)cc2)cc1I. The number of rotatable bonds is 6. The molecule has 2 aromatic rings. The molecule has 2 aromatic carbocycles. The summed E-state index contributed by atoms with van der Waals surface area (Å²) in [7, 11) is -2.32. The van der Waals surface area contributed by atoms with Crippen molar-refractivity contribution < 1.29 is 22.7 Å². The Morgan fingerprint density at radius 1 is 1.23 bits per heavy atom. The van der Waals surface area contributed by atoms with Crippen LogP contribution in [-0.4, -0.2) is 55.7 Å². The smallest absolute Gasteiger partial charge is 0.255 e. The largest absolute Gasteiger partial charge is 0.496 e. The molecule has 1 aliphatic heterocycles. The first-order valence-corrected chi connectivity index (χ1v) is 12.5. The third-order valence-electron chi connectivity index (χ3n) is 4.54. The van der Waals surface area contributed by atoms with E-state index in [9.17, 15) is 18.0 Å². The molecule has 1 heterocycles. The van der Waals surface area contributed by atoms with Gasteiger partial charge in [-0.1, -0.05) is 0 Å². The lowest BCUT2D eigenvalue weighted by Crippen LogP contribution is -2.52. The number of carbonyl (C=O) groups excluding carboxylic acids is 2. The molecule has 0 spiro atoms. The Balaban J connectivity index is 1.76. The number of anilines is 1. The Labute approximate surface area is 192 Å². The van der Waals surface area contributed by atoms with Gasteiger partial charge in [-0.2, -0.15) is 16.1 Å². The van der Waals surface area contributed by atoms with E-state index in [-0.39, 0.29) is 17.3 Å². The molecule has 0 aromatic heterocycles. The number of ether oxygens (including phenoxy) is 1. The molecule has 3 rings (SSSR count). The highest BCUT2D eigenvalue weighted by Gasteiger charge is 2.36. The van der Waals surface area contributed by atoms with Crippen LogP contribution in [-0.2, 0) is 14.8 Å². The van der Waals surface area contributed by atoms with Gasteiger partial charge in [0.05, 0.1) is 15.6 Å². The molecule has 0 radical (unpaired) electrons. The van der Waals surface area contributed by atoms with Crippen LogP contribution >= 0.6 is 34.4 Å². The average Bonchev–Trinajstić information content (AvgIpc) is 2.74. The minimum atomic E-state index is -3.88. The van der Waals surface area contributed by atoms with Gasteiger partial charge in [0.1, 0.15) is 11.8 Å². The summed E-state index contributed by atoms with van der Waals surface area (Å²) in [6.07, 6.45) is 0. The van der Waals surface area contributed by atoms with Crippen molar-refractivity contribution in [1.29, 1.82) is 0 Å². The molecule has 2 amide bonds. The monoisotopic (exact) mass is 561 g/mol. The summed E-state index contributed by atoms with van der Waals surface area (Å²) in [6.45, 7) is 0.217. The second-order valence-corrected chi connectivity index (χ2v) is 10.6. The van der Waals surface area contributed by atoms with E-state index in [1.165, 1.54) is 36.0 Å². The molecule has 1 unspecified atom stereocenters. The predicted molar refractivity (Wildman–Crippen MR) is 124 cm³/mol. The van der Waals surface area contributed by atoms with Gasteiger partial charge in [-0.3, -0.25) is 9.59 Å². The molecule has 0 aliphatic carbocycles. The van der Waals surface area contributed by atoms with E-state index in [0.29, 0.717) is 28.5 Å². The van der Waals surface area contributed by atoms with Crippen molar-refractivity contribution in [2.75, 3.05) is 30.5 Å². The van der Waals surface area contributed by atoms with Crippen LogP contribution in [0.3, 0.4) is 0 Å². The second-order valence-electron chi connectivity index (χ2n) is 6.44. The van der Waals surface area contributed by atoms with Crippen molar-refractivity contribution >= 4 is 61.9 Å². The van der Waals surface area contributed by atoms with Crippen LogP contribution in [0.2, 0.25) is 0 Å². The molecule has 160 valence electrons. The number of hydrogen-bond donors (Lipinski definition) is 2. The Kier molecular flexibility index (Phi) is 7.26. The number of halogens is 1. The highest BCUT2D eigenvalue weighted by Crippen LogP contribution is 2.26. The fourth-order valence-electron chi connectivity index (χ4n) is 2.96. The van der Waals surface area contributed by atoms with Gasteiger partial charge in [-0.15, -0.1) is 0 Å². The summed E-state index contributed by atoms with van der Waals surface area (Å²) in [5, 5.41) is 2.74. The van der Waals surface area contributed by atoms with Gasteiger partial charge in [-0.25, -0.2) is 8.42 Å². The van der Waals surface area contributed by atoms with E-state index in [2.05, 4.69) is 27.9 Å². The summed E-state index contributed by atoms with van der Waals surface area (Å²) in [5.74, 6) is 0.616. The molecule has 0 saturated carbocycles. The standard InChI is InChI=1S/C19H20IN3O5S2/c1-28-17-7-2-12(10-15(17)20)19(25)22-13-3-5-14(6-4-13)30(26,27)23-8-9-29-11-16(23)18(21)24/h2-7,10,16H,8-9,11H2,1H3,(H2,21,24)(H,22,25). The van der Waals surface area contributed by atoms with Crippen LogP contribution in [0.1, 0.15) is 10.4 Å². The number of primary amides is 1.